The Balaban J connectivity index is 2.38. The van der Waals surface area contributed by atoms with Gasteiger partial charge in [0.25, 0.3) is 0 Å². The molecule has 1 aliphatic rings. The van der Waals surface area contributed by atoms with Gasteiger partial charge in [0.05, 0.1) is 4.90 Å². The van der Waals surface area contributed by atoms with Crippen molar-refractivity contribution in [3.63, 3.8) is 0 Å². The fourth-order valence-corrected chi connectivity index (χ4v) is 4.10. The van der Waals surface area contributed by atoms with E-state index in [1.807, 2.05) is 26.8 Å². The number of hydrogen-bond donors (Lipinski definition) is 1. The lowest BCUT2D eigenvalue weighted by molar-refractivity contribution is 0.410. The Morgan fingerprint density at radius 3 is 2.52 bits per heavy atom. The lowest BCUT2D eigenvalue weighted by atomic mass is 10.1. The van der Waals surface area contributed by atoms with Crippen LogP contribution in [0.4, 0.5) is 0 Å². The van der Waals surface area contributed by atoms with Gasteiger partial charge in [-0.25, -0.2) is 8.42 Å². The van der Waals surface area contributed by atoms with E-state index < -0.39 is 10.0 Å². The Labute approximate surface area is 132 Å². The fourth-order valence-electron chi connectivity index (χ4n) is 2.13. The van der Waals surface area contributed by atoms with Crippen molar-refractivity contribution in [1.29, 1.82) is 0 Å². The molecule has 1 aliphatic carbocycles. The lowest BCUT2D eigenvalue weighted by Crippen LogP contribution is -2.33. The van der Waals surface area contributed by atoms with E-state index in [4.69, 9.17) is 11.6 Å². The number of nitrogens with zero attached hydrogens (tertiary/aromatic N) is 1. The summed E-state index contributed by atoms with van der Waals surface area (Å²) in [4.78, 5) is 0.304. The van der Waals surface area contributed by atoms with E-state index in [-0.39, 0.29) is 6.04 Å². The molecule has 1 aromatic carbocycles. The smallest absolute Gasteiger partial charge is 0.243 e. The molecule has 0 spiro atoms. The summed E-state index contributed by atoms with van der Waals surface area (Å²) in [5, 5.41) is 3.87. The number of benzene rings is 1. The third-order valence-corrected chi connectivity index (χ3v) is 6.35. The maximum absolute atomic E-state index is 12.7. The van der Waals surface area contributed by atoms with Crippen LogP contribution in [0.2, 0.25) is 5.02 Å². The first-order chi connectivity index (χ1) is 9.73. The maximum atomic E-state index is 12.7. The summed E-state index contributed by atoms with van der Waals surface area (Å²) in [5.74, 6) is 0. The van der Waals surface area contributed by atoms with Crippen LogP contribution in [-0.4, -0.2) is 31.9 Å². The first kappa shape index (κ1) is 16.7. The summed E-state index contributed by atoms with van der Waals surface area (Å²) in [6, 6.07) is 3.87. The van der Waals surface area contributed by atoms with Gasteiger partial charge in [0, 0.05) is 30.7 Å². The molecule has 0 saturated heterocycles. The first-order valence-electron chi connectivity index (χ1n) is 7.24. The second-order valence-corrected chi connectivity index (χ2v) is 8.36. The van der Waals surface area contributed by atoms with E-state index in [0.29, 0.717) is 22.5 Å². The summed E-state index contributed by atoms with van der Waals surface area (Å²) in [6.07, 6.45) is 2.39. The van der Waals surface area contributed by atoms with Crippen LogP contribution in [0.1, 0.15) is 37.8 Å². The summed E-state index contributed by atoms with van der Waals surface area (Å²) in [5.41, 5.74) is 1.73. The molecule has 0 heterocycles. The van der Waals surface area contributed by atoms with Crippen LogP contribution in [0.15, 0.2) is 17.0 Å². The molecule has 0 unspecified atom stereocenters. The van der Waals surface area contributed by atoms with Gasteiger partial charge in [0.15, 0.2) is 0 Å². The van der Waals surface area contributed by atoms with Gasteiger partial charge in [-0.3, -0.25) is 0 Å². The number of halogens is 1. The molecule has 4 nitrogen and oxygen atoms in total. The highest BCUT2D eigenvalue weighted by atomic mass is 35.5. The van der Waals surface area contributed by atoms with Gasteiger partial charge in [-0.1, -0.05) is 11.6 Å². The topological polar surface area (TPSA) is 49.4 Å². The molecule has 1 aromatic rings. The Kier molecular flexibility index (Phi) is 4.98. The van der Waals surface area contributed by atoms with Crippen LogP contribution in [0.5, 0.6) is 0 Å². The summed E-state index contributed by atoms with van der Waals surface area (Å²) < 4.78 is 26.8. The summed E-state index contributed by atoms with van der Waals surface area (Å²) >= 11 is 6.13. The molecule has 6 heteroatoms. The molecule has 1 fully saturated rings. The van der Waals surface area contributed by atoms with Gasteiger partial charge in [0.2, 0.25) is 10.0 Å². The highest BCUT2D eigenvalue weighted by molar-refractivity contribution is 7.89. The molecule has 0 aliphatic heterocycles. The largest absolute Gasteiger partial charge is 0.310 e. The number of sulfonamides is 1. The zero-order valence-electron chi connectivity index (χ0n) is 13.0. The molecular weight excluding hydrogens is 308 g/mol. The van der Waals surface area contributed by atoms with E-state index in [1.165, 1.54) is 17.1 Å². The van der Waals surface area contributed by atoms with Gasteiger partial charge in [-0.2, -0.15) is 4.31 Å². The Morgan fingerprint density at radius 1 is 1.38 bits per heavy atom. The van der Waals surface area contributed by atoms with Gasteiger partial charge in [0.1, 0.15) is 0 Å². The van der Waals surface area contributed by atoms with Crippen LogP contribution in [0.3, 0.4) is 0 Å². The van der Waals surface area contributed by atoms with Crippen molar-refractivity contribution in [3.8, 4) is 0 Å². The molecule has 1 saturated carbocycles. The molecule has 118 valence electrons. The standard InChI is InChI=1S/C15H23ClN2O2S/c1-10(2)18(4)21(19,20)15-8-13(16)7-12(11(15)3)9-17-14-5-6-14/h7-8,10,14,17H,5-6,9H2,1-4H3. The minimum atomic E-state index is -3.52. The van der Waals surface area contributed by atoms with E-state index in [9.17, 15) is 8.42 Å². The van der Waals surface area contributed by atoms with Crippen LogP contribution in [0.25, 0.3) is 0 Å². The molecule has 0 atom stereocenters. The summed E-state index contributed by atoms with van der Waals surface area (Å²) in [6.45, 7) is 6.21. The zero-order valence-corrected chi connectivity index (χ0v) is 14.6. The van der Waals surface area contributed by atoms with Crippen molar-refractivity contribution >= 4 is 21.6 Å². The van der Waals surface area contributed by atoms with Gasteiger partial charge in [-0.15, -0.1) is 0 Å². The van der Waals surface area contributed by atoms with Crippen molar-refractivity contribution in [2.24, 2.45) is 0 Å². The van der Waals surface area contributed by atoms with Crippen molar-refractivity contribution < 1.29 is 8.42 Å². The quantitative estimate of drug-likeness (QED) is 0.872. The molecule has 0 amide bonds. The SMILES string of the molecule is Cc1c(CNC2CC2)cc(Cl)cc1S(=O)(=O)N(C)C(C)C. The minimum Gasteiger partial charge on any atom is -0.310 e. The van der Waals surface area contributed by atoms with Gasteiger partial charge < -0.3 is 5.32 Å². The predicted molar refractivity (Wildman–Crippen MR) is 86.1 cm³/mol. The normalized spacial score (nSPS) is 16.0. The first-order valence-corrected chi connectivity index (χ1v) is 9.05. The monoisotopic (exact) mass is 330 g/mol. The highest BCUT2D eigenvalue weighted by Gasteiger charge is 2.27. The van der Waals surface area contributed by atoms with Crippen LogP contribution in [0, 0.1) is 6.92 Å². The van der Waals surface area contributed by atoms with Crippen molar-refractivity contribution in [3.05, 3.63) is 28.3 Å². The van der Waals surface area contributed by atoms with Crippen LogP contribution >= 0.6 is 11.6 Å². The van der Waals surface area contributed by atoms with Crippen LogP contribution < -0.4 is 5.32 Å². The molecular formula is C15H23ClN2O2S. The average molecular weight is 331 g/mol. The van der Waals surface area contributed by atoms with Crippen molar-refractivity contribution in [1.82, 2.24) is 9.62 Å². The third-order valence-electron chi connectivity index (χ3n) is 3.98. The average Bonchev–Trinajstić information content (AvgIpc) is 3.22. The van der Waals surface area contributed by atoms with E-state index in [2.05, 4.69) is 5.32 Å². The third kappa shape index (κ3) is 3.77. The second kappa shape index (κ2) is 6.24. The highest BCUT2D eigenvalue weighted by Crippen LogP contribution is 2.28. The molecule has 21 heavy (non-hydrogen) atoms. The fraction of sp³-hybridized carbons (Fsp3) is 0.600. The van der Waals surface area contributed by atoms with Gasteiger partial charge in [-0.05, 0) is 56.9 Å². The number of rotatable bonds is 6. The molecule has 0 aromatic heterocycles. The Hall–Kier alpha value is -0.620. The van der Waals surface area contributed by atoms with E-state index in [0.717, 1.165) is 11.1 Å². The van der Waals surface area contributed by atoms with Crippen LogP contribution in [-0.2, 0) is 16.6 Å². The minimum absolute atomic E-state index is 0.0959. The molecule has 0 radical (unpaired) electrons. The zero-order chi connectivity index (χ0) is 15.8. The van der Waals surface area contributed by atoms with Crippen molar-refractivity contribution in [2.75, 3.05) is 7.05 Å². The second-order valence-electron chi connectivity index (χ2n) is 5.96. The summed E-state index contributed by atoms with van der Waals surface area (Å²) in [7, 11) is -1.92. The van der Waals surface area contributed by atoms with E-state index in [1.54, 1.807) is 13.1 Å². The van der Waals surface area contributed by atoms with Crippen molar-refractivity contribution in [2.45, 2.75) is 57.1 Å². The number of hydrogen-bond acceptors (Lipinski definition) is 3. The molecule has 0 bridgehead atoms. The van der Waals surface area contributed by atoms with Gasteiger partial charge >= 0.3 is 0 Å². The Bertz CT molecular complexity index is 625. The van der Waals surface area contributed by atoms with E-state index >= 15 is 0 Å². The molecule has 2 rings (SSSR count). The Morgan fingerprint density at radius 2 is 2.00 bits per heavy atom. The number of nitrogens with one attached hydrogen (secondary N) is 1. The lowest BCUT2D eigenvalue weighted by Gasteiger charge is -2.23. The maximum Gasteiger partial charge on any atom is 0.243 e. The predicted octanol–water partition coefficient (Wildman–Crippen LogP) is 2.93. The molecule has 1 N–H and O–H groups in total.